The molecule has 0 aromatic heterocycles. The van der Waals surface area contributed by atoms with Gasteiger partial charge in [0.15, 0.2) is 0 Å². The summed E-state index contributed by atoms with van der Waals surface area (Å²) in [4.78, 5) is 14.2. The highest BCUT2D eigenvalue weighted by Crippen LogP contribution is 2.37. The van der Waals surface area contributed by atoms with Gasteiger partial charge in [0, 0.05) is 18.7 Å². The van der Waals surface area contributed by atoms with Crippen LogP contribution in [0.2, 0.25) is 0 Å². The van der Waals surface area contributed by atoms with Crippen LogP contribution in [0.5, 0.6) is 0 Å². The summed E-state index contributed by atoms with van der Waals surface area (Å²) in [5.74, 6) is 0.196. The maximum absolute atomic E-state index is 12.3. The minimum Gasteiger partial charge on any atom is -0.399 e. The maximum atomic E-state index is 12.3. The topological polar surface area (TPSA) is 38.8 Å². The minimum atomic E-state index is -0.348. The number of hydrogen-bond acceptors (Lipinski definition) is 3. The Kier molecular flexibility index (Phi) is 4.52. The fraction of sp³-hybridized carbons (Fsp3) is 0.632. The molecule has 0 radical (unpaired) electrons. The molecule has 2 heterocycles. The highest BCUT2D eigenvalue weighted by molar-refractivity contribution is 6.62. The van der Waals surface area contributed by atoms with Gasteiger partial charge in [0.1, 0.15) is 0 Å². The Morgan fingerprint density at radius 1 is 1.17 bits per heavy atom. The zero-order valence-corrected chi connectivity index (χ0v) is 15.5. The summed E-state index contributed by atoms with van der Waals surface area (Å²) in [5, 5.41) is 0. The van der Waals surface area contributed by atoms with Gasteiger partial charge >= 0.3 is 7.12 Å². The molecule has 1 aromatic carbocycles. The average Bonchev–Trinajstić information content (AvgIpc) is 2.68. The summed E-state index contributed by atoms with van der Waals surface area (Å²) in [6.45, 7) is 11.0. The number of rotatable bonds is 2. The van der Waals surface area contributed by atoms with Crippen molar-refractivity contribution in [2.75, 3.05) is 11.4 Å². The molecule has 0 unspecified atom stereocenters. The number of hydrogen-bond donors (Lipinski definition) is 0. The summed E-state index contributed by atoms with van der Waals surface area (Å²) >= 11 is 0. The molecule has 1 fully saturated rings. The molecule has 0 bridgehead atoms. The van der Waals surface area contributed by atoms with Crippen molar-refractivity contribution in [2.45, 2.75) is 71.5 Å². The fourth-order valence-corrected chi connectivity index (χ4v) is 3.35. The van der Waals surface area contributed by atoms with E-state index >= 15 is 0 Å². The molecule has 1 saturated heterocycles. The van der Waals surface area contributed by atoms with Crippen molar-refractivity contribution in [3.63, 3.8) is 0 Å². The summed E-state index contributed by atoms with van der Waals surface area (Å²) in [7, 11) is -0.348. The van der Waals surface area contributed by atoms with Gasteiger partial charge in [0.05, 0.1) is 11.2 Å². The normalized spacial score (nSPS) is 22.2. The Labute approximate surface area is 145 Å². The summed E-state index contributed by atoms with van der Waals surface area (Å²) in [6, 6.07) is 6.27. The lowest BCUT2D eigenvalue weighted by Gasteiger charge is -2.32. The second-order valence-corrected chi connectivity index (χ2v) is 7.83. The van der Waals surface area contributed by atoms with Crippen molar-refractivity contribution >= 4 is 24.2 Å². The number of amides is 1. The van der Waals surface area contributed by atoms with Crippen molar-refractivity contribution in [1.29, 1.82) is 0 Å². The average molecular weight is 329 g/mol. The lowest BCUT2D eigenvalue weighted by molar-refractivity contribution is -0.118. The van der Waals surface area contributed by atoms with Gasteiger partial charge < -0.3 is 14.2 Å². The quantitative estimate of drug-likeness (QED) is 0.783. The minimum absolute atomic E-state index is 0.196. The van der Waals surface area contributed by atoms with Crippen LogP contribution in [0.25, 0.3) is 0 Å². The van der Waals surface area contributed by atoms with E-state index in [9.17, 15) is 4.79 Å². The van der Waals surface area contributed by atoms with Crippen LogP contribution < -0.4 is 10.4 Å². The van der Waals surface area contributed by atoms with Gasteiger partial charge in [-0.25, -0.2) is 0 Å². The van der Waals surface area contributed by atoms with Crippen LogP contribution in [0.1, 0.15) is 59.4 Å². The molecule has 1 aromatic rings. The Bertz CT molecular complexity index is 625. The molecular weight excluding hydrogens is 301 g/mol. The smallest absolute Gasteiger partial charge is 0.399 e. The third-order valence-corrected chi connectivity index (χ3v) is 5.60. The van der Waals surface area contributed by atoms with Crippen LogP contribution in [0.15, 0.2) is 18.2 Å². The van der Waals surface area contributed by atoms with Gasteiger partial charge in [-0.1, -0.05) is 19.1 Å². The molecule has 130 valence electrons. The Morgan fingerprint density at radius 2 is 1.83 bits per heavy atom. The van der Waals surface area contributed by atoms with Crippen molar-refractivity contribution in [2.24, 2.45) is 0 Å². The van der Waals surface area contributed by atoms with Gasteiger partial charge in [-0.15, -0.1) is 0 Å². The monoisotopic (exact) mass is 329 g/mol. The van der Waals surface area contributed by atoms with E-state index in [0.717, 1.165) is 37.0 Å². The van der Waals surface area contributed by atoms with Crippen LogP contribution in [0, 0.1) is 0 Å². The van der Waals surface area contributed by atoms with Crippen LogP contribution >= 0.6 is 0 Å². The van der Waals surface area contributed by atoms with E-state index < -0.39 is 0 Å². The van der Waals surface area contributed by atoms with Crippen LogP contribution in [-0.4, -0.2) is 30.8 Å². The third kappa shape index (κ3) is 3.00. The van der Waals surface area contributed by atoms with Crippen LogP contribution in [0.4, 0.5) is 5.69 Å². The summed E-state index contributed by atoms with van der Waals surface area (Å²) in [5.41, 5.74) is 2.64. The second-order valence-electron chi connectivity index (χ2n) is 7.83. The number of benzene rings is 1. The molecule has 24 heavy (non-hydrogen) atoms. The Balaban J connectivity index is 1.92. The maximum Gasteiger partial charge on any atom is 0.494 e. The molecule has 1 amide bonds. The van der Waals surface area contributed by atoms with E-state index in [-0.39, 0.29) is 24.2 Å². The molecule has 5 heteroatoms. The largest absolute Gasteiger partial charge is 0.494 e. The Morgan fingerprint density at radius 3 is 2.46 bits per heavy atom. The van der Waals surface area contributed by atoms with Gasteiger partial charge in [0.25, 0.3) is 0 Å². The standard InChI is InChI=1S/C19H28BNO3/c1-6-17(22)21-12-8-7-9-14-13-15(10-11-16(14)21)20-23-18(2,3)19(4,5)24-20/h10-11,13H,6-9,12H2,1-5H3. The highest BCUT2D eigenvalue weighted by Gasteiger charge is 2.51. The highest BCUT2D eigenvalue weighted by atomic mass is 16.7. The first-order valence-electron chi connectivity index (χ1n) is 9.04. The van der Waals surface area contributed by atoms with Crippen molar-refractivity contribution in [1.82, 2.24) is 0 Å². The number of fused-ring (bicyclic) bond motifs is 1. The van der Waals surface area contributed by atoms with E-state index in [1.54, 1.807) is 0 Å². The first-order valence-corrected chi connectivity index (χ1v) is 9.04. The van der Waals surface area contributed by atoms with E-state index in [0.29, 0.717) is 6.42 Å². The number of anilines is 1. The van der Waals surface area contributed by atoms with Crippen LogP contribution in [-0.2, 0) is 20.5 Å². The molecule has 0 saturated carbocycles. The van der Waals surface area contributed by atoms with Gasteiger partial charge in [-0.3, -0.25) is 4.79 Å². The molecule has 0 aliphatic carbocycles. The molecule has 0 spiro atoms. The zero-order chi connectivity index (χ0) is 17.5. The first kappa shape index (κ1) is 17.5. The van der Waals surface area contributed by atoms with E-state index in [1.165, 1.54) is 5.56 Å². The molecule has 2 aliphatic heterocycles. The van der Waals surface area contributed by atoms with Crippen molar-refractivity contribution < 1.29 is 14.1 Å². The molecule has 4 nitrogen and oxygen atoms in total. The van der Waals surface area contributed by atoms with E-state index in [4.69, 9.17) is 9.31 Å². The summed E-state index contributed by atoms with van der Waals surface area (Å²) < 4.78 is 12.3. The van der Waals surface area contributed by atoms with Gasteiger partial charge in [-0.05, 0) is 64.1 Å². The van der Waals surface area contributed by atoms with Gasteiger partial charge in [0.2, 0.25) is 5.91 Å². The molecule has 3 rings (SSSR count). The van der Waals surface area contributed by atoms with Crippen molar-refractivity contribution in [3.8, 4) is 0 Å². The predicted molar refractivity (Wildman–Crippen MR) is 97.7 cm³/mol. The summed E-state index contributed by atoms with van der Waals surface area (Å²) in [6.07, 6.45) is 3.69. The first-order chi connectivity index (χ1) is 11.2. The third-order valence-electron chi connectivity index (χ3n) is 5.60. The number of carbonyl (C=O) groups is 1. The number of nitrogens with zero attached hydrogens (tertiary/aromatic N) is 1. The second kappa shape index (κ2) is 6.19. The lowest BCUT2D eigenvalue weighted by atomic mass is 9.78. The van der Waals surface area contributed by atoms with E-state index in [1.807, 2.05) is 17.9 Å². The molecular formula is C19H28BNO3. The molecule has 0 N–H and O–H groups in total. The number of carbonyl (C=O) groups excluding carboxylic acids is 1. The Hall–Kier alpha value is -1.33. The van der Waals surface area contributed by atoms with Gasteiger partial charge in [-0.2, -0.15) is 0 Å². The molecule has 0 atom stereocenters. The fourth-order valence-electron chi connectivity index (χ4n) is 3.35. The van der Waals surface area contributed by atoms with E-state index in [2.05, 4.69) is 39.8 Å². The predicted octanol–water partition coefficient (Wildman–Crippen LogP) is 3.07. The molecule has 2 aliphatic rings. The zero-order valence-electron chi connectivity index (χ0n) is 15.5. The van der Waals surface area contributed by atoms with Crippen LogP contribution in [0.3, 0.4) is 0 Å². The lowest BCUT2D eigenvalue weighted by Crippen LogP contribution is -2.41. The number of aryl methyl sites for hydroxylation is 1. The SMILES string of the molecule is CCC(=O)N1CCCCc2cc(B3OC(C)(C)C(C)(C)O3)ccc21. The van der Waals surface area contributed by atoms with Crippen molar-refractivity contribution in [3.05, 3.63) is 23.8 Å².